The fourth-order valence-corrected chi connectivity index (χ4v) is 2.72. The van der Waals surface area contributed by atoms with Crippen molar-refractivity contribution in [3.63, 3.8) is 0 Å². The van der Waals surface area contributed by atoms with Crippen LogP contribution >= 0.6 is 15.9 Å². The highest BCUT2D eigenvalue weighted by Gasteiger charge is 2.17. The van der Waals surface area contributed by atoms with Crippen LogP contribution in [0.15, 0.2) is 46.9 Å². The fraction of sp³-hybridized carbons (Fsp3) is 0.278. The van der Waals surface area contributed by atoms with E-state index in [1.54, 1.807) is 12.1 Å². The van der Waals surface area contributed by atoms with E-state index in [9.17, 15) is 9.18 Å². The van der Waals surface area contributed by atoms with Gasteiger partial charge in [-0.05, 0) is 44.6 Å². The predicted octanol–water partition coefficient (Wildman–Crippen LogP) is 5.31. The van der Waals surface area contributed by atoms with Crippen LogP contribution in [0.25, 0.3) is 0 Å². The van der Waals surface area contributed by atoms with Crippen LogP contribution in [0.5, 0.6) is 0 Å². The summed E-state index contributed by atoms with van der Waals surface area (Å²) in [6, 6.07) is 12.5. The van der Waals surface area contributed by atoms with Crippen molar-refractivity contribution in [3.05, 3.63) is 69.4 Å². The van der Waals surface area contributed by atoms with Crippen molar-refractivity contribution in [1.82, 2.24) is 0 Å². The van der Waals surface area contributed by atoms with Gasteiger partial charge in [-0.25, -0.2) is 4.39 Å². The Balaban J connectivity index is 2.21. The molecule has 0 saturated carbocycles. The quantitative estimate of drug-likeness (QED) is 0.686. The molecule has 0 aliphatic carbocycles. The van der Waals surface area contributed by atoms with Gasteiger partial charge in [0.25, 0.3) is 0 Å². The van der Waals surface area contributed by atoms with Crippen molar-refractivity contribution >= 4 is 21.7 Å². The van der Waals surface area contributed by atoms with Gasteiger partial charge in [-0.2, -0.15) is 0 Å². The molecule has 0 N–H and O–H groups in total. The topological polar surface area (TPSA) is 17.1 Å². The molecule has 0 saturated heterocycles. The first kappa shape index (κ1) is 15.9. The van der Waals surface area contributed by atoms with Crippen molar-refractivity contribution < 1.29 is 9.18 Å². The number of hydrogen-bond donors (Lipinski definition) is 0. The van der Waals surface area contributed by atoms with Crippen LogP contribution < -0.4 is 0 Å². The van der Waals surface area contributed by atoms with Gasteiger partial charge < -0.3 is 0 Å². The van der Waals surface area contributed by atoms with E-state index < -0.39 is 5.82 Å². The number of carbonyl (C=O) groups is 1. The van der Waals surface area contributed by atoms with Gasteiger partial charge in [0.2, 0.25) is 0 Å². The summed E-state index contributed by atoms with van der Waals surface area (Å²) in [7, 11) is 0. The van der Waals surface area contributed by atoms with Gasteiger partial charge in [-0.15, -0.1) is 0 Å². The second kappa shape index (κ2) is 6.10. The molecule has 0 atom stereocenters. The highest BCUT2D eigenvalue weighted by molar-refractivity contribution is 9.10. The average Bonchev–Trinajstić information content (AvgIpc) is 2.38. The van der Waals surface area contributed by atoms with Crippen LogP contribution in [-0.4, -0.2) is 5.78 Å². The first-order valence-corrected chi connectivity index (χ1v) is 7.65. The standard InChI is InChI=1S/C18H18BrFO/c1-18(2,3)13-9-7-12(8-10-13)11-16(21)17-14(19)5-4-6-15(17)20/h4-10H,11H2,1-3H3. The molecule has 0 aromatic heterocycles. The first-order valence-electron chi connectivity index (χ1n) is 6.85. The van der Waals surface area contributed by atoms with Gasteiger partial charge in [0.05, 0.1) is 5.56 Å². The maximum atomic E-state index is 13.8. The zero-order valence-electron chi connectivity index (χ0n) is 12.4. The monoisotopic (exact) mass is 348 g/mol. The number of carbonyl (C=O) groups excluding carboxylic acids is 1. The van der Waals surface area contributed by atoms with Crippen LogP contribution in [0.4, 0.5) is 4.39 Å². The molecule has 2 aromatic rings. The van der Waals surface area contributed by atoms with E-state index in [1.165, 1.54) is 11.6 Å². The van der Waals surface area contributed by atoms with Gasteiger partial charge in [-0.1, -0.05) is 51.1 Å². The Labute approximate surface area is 133 Å². The summed E-state index contributed by atoms with van der Waals surface area (Å²) >= 11 is 3.24. The summed E-state index contributed by atoms with van der Waals surface area (Å²) in [5.74, 6) is -0.704. The van der Waals surface area contributed by atoms with E-state index in [4.69, 9.17) is 0 Å². The first-order chi connectivity index (χ1) is 9.79. The van der Waals surface area contributed by atoms with Crippen LogP contribution in [0.3, 0.4) is 0 Å². The molecule has 0 spiro atoms. The summed E-state index contributed by atoms with van der Waals surface area (Å²) in [6.45, 7) is 6.43. The Bertz CT molecular complexity index is 634. The molecule has 0 radical (unpaired) electrons. The molecule has 0 heterocycles. The Morgan fingerprint density at radius 2 is 1.71 bits per heavy atom. The van der Waals surface area contributed by atoms with Crippen molar-refractivity contribution in [3.8, 4) is 0 Å². The minimum atomic E-state index is -0.485. The molecule has 0 aliphatic rings. The SMILES string of the molecule is CC(C)(C)c1ccc(CC(=O)c2c(F)cccc2Br)cc1. The fourth-order valence-electron chi connectivity index (χ4n) is 2.16. The lowest BCUT2D eigenvalue weighted by atomic mass is 9.86. The molecule has 3 heteroatoms. The lowest BCUT2D eigenvalue weighted by molar-refractivity contribution is 0.0988. The van der Waals surface area contributed by atoms with Crippen LogP contribution in [0.1, 0.15) is 42.3 Å². The largest absolute Gasteiger partial charge is 0.294 e. The molecule has 1 nitrogen and oxygen atoms in total. The maximum absolute atomic E-state index is 13.8. The summed E-state index contributed by atoms with van der Waals surface area (Å²) in [6.07, 6.45) is 0.198. The maximum Gasteiger partial charge on any atom is 0.171 e. The summed E-state index contributed by atoms with van der Waals surface area (Å²) in [5.41, 5.74) is 2.31. The Kier molecular flexibility index (Phi) is 4.62. The lowest BCUT2D eigenvalue weighted by Crippen LogP contribution is -2.11. The highest BCUT2D eigenvalue weighted by Crippen LogP contribution is 2.24. The van der Waals surface area contributed by atoms with Gasteiger partial charge >= 0.3 is 0 Å². The minimum Gasteiger partial charge on any atom is -0.294 e. The molecule has 0 aliphatic heterocycles. The normalized spacial score (nSPS) is 11.5. The van der Waals surface area contributed by atoms with Gasteiger partial charge in [-0.3, -0.25) is 4.79 Å². The highest BCUT2D eigenvalue weighted by atomic mass is 79.9. The minimum absolute atomic E-state index is 0.0805. The van der Waals surface area contributed by atoms with Crippen molar-refractivity contribution in [2.24, 2.45) is 0 Å². The van der Waals surface area contributed by atoms with Crippen molar-refractivity contribution in [2.45, 2.75) is 32.6 Å². The molecule has 0 unspecified atom stereocenters. The molecular weight excluding hydrogens is 331 g/mol. The van der Waals surface area contributed by atoms with Gasteiger partial charge in [0, 0.05) is 10.9 Å². The van der Waals surface area contributed by atoms with Gasteiger partial charge in [0.1, 0.15) is 5.82 Å². The van der Waals surface area contributed by atoms with Crippen LogP contribution in [0, 0.1) is 5.82 Å². The number of hydrogen-bond acceptors (Lipinski definition) is 1. The van der Waals surface area contributed by atoms with E-state index in [1.807, 2.05) is 24.3 Å². The summed E-state index contributed by atoms with van der Waals surface area (Å²) in [4.78, 5) is 12.3. The second-order valence-corrected chi connectivity index (χ2v) is 7.00. The van der Waals surface area contributed by atoms with E-state index in [2.05, 4.69) is 36.7 Å². The van der Waals surface area contributed by atoms with Crippen LogP contribution in [-0.2, 0) is 11.8 Å². The van der Waals surface area contributed by atoms with E-state index >= 15 is 0 Å². The number of ketones is 1. The smallest absolute Gasteiger partial charge is 0.171 e. The lowest BCUT2D eigenvalue weighted by Gasteiger charge is -2.19. The van der Waals surface area contributed by atoms with E-state index in [0.717, 1.165) is 5.56 Å². The summed E-state index contributed by atoms with van der Waals surface area (Å²) in [5, 5.41) is 0. The molecule has 2 aromatic carbocycles. The third-order valence-corrected chi connectivity index (χ3v) is 4.09. The molecule has 21 heavy (non-hydrogen) atoms. The van der Waals surface area contributed by atoms with Crippen molar-refractivity contribution in [2.75, 3.05) is 0 Å². The molecule has 110 valence electrons. The average molecular weight is 349 g/mol. The predicted molar refractivity (Wildman–Crippen MR) is 87.3 cm³/mol. The second-order valence-electron chi connectivity index (χ2n) is 6.14. The zero-order valence-corrected chi connectivity index (χ0v) is 14.0. The molecule has 0 amide bonds. The zero-order chi connectivity index (χ0) is 15.6. The molecule has 0 fully saturated rings. The Morgan fingerprint density at radius 1 is 1.10 bits per heavy atom. The number of benzene rings is 2. The summed E-state index contributed by atoms with van der Waals surface area (Å²) < 4.78 is 14.3. The Hall–Kier alpha value is -1.48. The molecular formula is C18H18BrFO. The number of halogens is 2. The number of Topliss-reactive ketones (excluding diaryl/α,β-unsaturated/α-hetero) is 1. The van der Waals surface area contributed by atoms with E-state index in [0.29, 0.717) is 4.47 Å². The third kappa shape index (κ3) is 3.79. The molecule has 0 bridgehead atoms. The Morgan fingerprint density at radius 3 is 2.24 bits per heavy atom. The molecule has 2 rings (SSSR count). The van der Waals surface area contributed by atoms with E-state index in [-0.39, 0.29) is 23.2 Å². The van der Waals surface area contributed by atoms with Crippen LogP contribution in [0.2, 0.25) is 0 Å². The van der Waals surface area contributed by atoms with Gasteiger partial charge in [0.15, 0.2) is 5.78 Å². The number of rotatable bonds is 3. The third-order valence-electron chi connectivity index (χ3n) is 3.43. The van der Waals surface area contributed by atoms with Crippen molar-refractivity contribution in [1.29, 1.82) is 0 Å².